The minimum atomic E-state index is -0.604. The highest BCUT2D eigenvalue weighted by Crippen LogP contribution is 2.24. The molecule has 106 valence electrons. The van der Waals surface area contributed by atoms with Crippen molar-refractivity contribution in [1.29, 1.82) is 0 Å². The first-order valence-corrected chi connectivity index (χ1v) is 7.22. The smallest absolute Gasteiger partial charge is 0.168 e. The summed E-state index contributed by atoms with van der Waals surface area (Å²) in [5.41, 5.74) is 2.98. The lowest BCUT2D eigenvalue weighted by Gasteiger charge is -2.30. The standard InChI is InChI=1S/C17H26O2/c1-6-17(7-2,19-8-3)16(18)12-15-10-9-13(4)14(5)11-15/h9-11H,6-8,12H2,1-5H3. The van der Waals surface area contributed by atoms with Gasteiger partial charge in [0.05, 0.1) is 0 Å². The molecule has 0 aromatic heterocycles. The summed E-state index contributed by atoms with van der Waals surface area (Å²) < 4.78 is 5.77. The van der Waals surface area contributed by atoms with Crippen molar-refractivity contribution >= 4 is 5.78 Å². The topological polar surface area (TPSA) is 26.3 Å². The SMILES string of the molecule is CCOC(CC)(CC)C(=O)Cc1ccc(C)c(C)c1. The number of aryl methyl sites for hydroxylation is 2. The van der Waals surface area contributed by atoms with Crippen LogP contribution >= 0.6 is 0 Å². The molecule has 0 aliphatic rings. The molecule has 19 heavy (non-hydrogen) atoms. The van der Waals surface area contributed by atoms with Crippen LogP contribution in [-0.2, 0) is 16.0 Å². The number of Topliss-reactive ketones (excluding diaryl/α,β-unsaturated/α-hetero) is 1. The maximum absolute atomic E-state index is 12.6. The summed E-state index contributed by atoms with van der Waals surface area (Å²) in [6, 6.07) is 6.23. The summed E-state index contributed by atoms with van der Waals surface area (Å²) in [5, 5.41) is 0. The van der Waals surface area contributed by atoms with Gasteiger partial charge in [0.2, 0.25) is 0 Å². The van der Waals surface area contributed by atoms with Crippen LogP contribution in [0.4, 0.5) is 0 Å². The first-order valence-electron chi connectivity index (χ1n) is 7.22. The minimum absolute atomic E-state index is 0.197. The third kappa shape index (κ3) is 3.66. The van der Waals surface area contributed by atoms with Crippen molar-refractivity contribution in [3.05, 3.63) is 34.9 Å². The summed E-state index contributed by atoms with van der Waals surface area (Å²) in [6.07, 6.45) is 1.94. The number of ether oxygens (including phenoxy) is 1. The van der Waals surface area contributed by atoms with E-state index in [1.807, 2.05) is 26.8 Å². The van der Waals surface area contributed by atoms with E-state index in [1.165, 1.54) is 11.1 Å². The van der Waals surface area contributed by atoms with Crippen molar-refractivity contribution in [3.8, 4) is 0 Å². The van der Waals surface area contributed by atoms with Crippen LogP contribution in [0.25, 0.3) is 0 Å². The molecule has 1 aromatic carbocycles. The van der Waals surface area contributed by atoms with Gasteiger partial charge >= 0.3 is 0 Å². The molecule has 0 bridgehead atoms. The molecule has 2 nitrogen and oxygen atoms in total. The fraction of sp³-hybridized carbons (Fsp3) is 0.588. The van der Waals surface area contributed by atoms with Gasteiger partial charge in [0, 0.05) is 13.0 Å². The maximum atomic E-state index is 12.6. The minimum Gasteiger partial charge on any atom is -0.368 e. The molecule has 0 aliphatic carbocycles. The zero-order chi connectivity index (χ0) is 14.5. The maximum Gasteiger partial charge on any atom is 0.168 e. The lowest BCUT2D eigenvalue weighted by atomic mass is 9.87. The van der Waals surface area contributed by atoms with Gasteiger partial charge in [-0.1, -0.05) is 32.0 Å². The summed E-state index contributed by atoms with van der Waals surface area (Å²) in [6.45, 7) is 10.8. The Hall–Kier alpha value is -1.15. The van der Waals surface area contributed by atoms with Gasteiger partial charge < -0.3 is 4.74 Å². The van der Waals surface area contributed by atoms with Gasteiger partial charge in [0.25, 0.3) is 0 Å². The Balaban J connectivity index is 2.90. The summed E-state index contributed by atoms with van der Waals surface area (Å²) in [5.74, 6) is 0.197. The van der Waals surface area contributed by atoms with Crippen molar-refractivity contribution in [2.45, 2.75) is 59.5 Å². The van der Waals surface area contributed by atoms with E-state index in [0.29, 0.717) is 13.0 Å². The first kappa shape index (κ1) is 15.9. The molecule has 1 rings (SSSR count). The molecule has 2 heteroatoms. The second-order valence-corrected chi connectivity index (χ2v) is 5.15. The fourth-order valence-electron chi connectivity index (χ4n) is 2.47. The zero-order valence-corrected chi connectivity index (χ0v) is 12.9. The monoisotopic (exact) mass is 262 g/mol. The van der Waals surface area contributed by atoms with E-state index in [0.717, 1.165) is 18.4 Å². The Morgan fingerprint density at radius 1 is 1.11 bits per heavy atom. The van der Waals surface area contributed by atoms with E-state index in [-0.39, 0.29) is 5.78 Å². The third-order valence-corrected chi connectivity index (χ3v) is 4.01. The molecule has 0 amide bonds. The van der Waals surface area contributed by atoms with Crippen molar-refractivity contribution in [2.24, 2.45) is 0 Å². The van der Waals surface area contributed by atoms with Crippen molar-refractivity contribution in [3.63, 3.8) is 0 Å². The average molecular weight is 262 g/mol. The Morgan fingerprint density at radius 2 is 1.74 bits per heavy atom. The largest absolute Gasteiger partial charge is 0.368 e. The molecule has 0 unspecified atom stereocenters. The average Bonchev–Trinajstić information content (AvgIpc) is 2.40. The highest BCUT2D eigenvalue weighted by Gasteiger charge is 2.34. The lowest BCUT2D eigenvalue weighted by Crippen LogP contribution is -2.41. The zero-order valence-electron chi connectivity index (χ0n) is 12.9. The van der Waals surface area contributed by atoms with E-state index < -0.39 is 5.60 Å². The Kier molecular flexibility index (Phi) is 5.74. The van der Waals surface area contributed by atoms with E-state index in [9.17, 15) is 4.79 Å². The first-order chi connectivity index (χ1) is 8.99. The normalized spacial score (nSPS) is 11.6. The molecule has 0 heterocycles. The Morgan fingerprint density at radius 3 is 2.21 bits per heavy atom. The molecule has 0 saturated heterocycles. The van der Waals surface area contributed by atoms with Gasteiger partial charge in [-0.15, -0.1) is 0 Å². The van der Waals surface area contributed by atoms with Crippen LogP contribution in [-0.4, -0.2) is 18.0 Å². The van der Waals surface area contributed by atoms with Crippen molar-refractivity contribution in [1.82, 2.24) is 0 Å². The molecule has 0 N–H and O–H groups in total. The summed E-state index contributed by atoms with van der Waals surface area (Å²) >= 11 is 0. The van der Waals surface area contributed by atoms with Gasteiger partial charge in [-0.05, 0) is 50.3 Å². The highest BCUT2D eigenvalue weighted by atomic mass is 16.5. The van der Waals surface area contributed by atoms with Gasteiger partial charge in [0.1, 0.15) is 5.60 Å². The van der Waals surface area contributed by atoms with Crippen LogP contribution in [0.5, 0.6) is 0 Å². The number of hydrogen-bond donors (Lipinski definition) is 0. The summed E-state index contributed by atoms with van der Waals surface area (Å²) in [7, 11) is 0. The van der Waals surface area contributed by atoms with Crippen LogP contribution in [0.2, 0.25) is 0 Å². The molecular formula is C17H26O2. The van der Waals surface area contributed by atoms with Gasteiger partial charge in [0.15, 0.2) is 5.78 Å². The van der Waals surface area contributed by atoms with Crippen LogP contribution in [0.1, 0.15) is 50.3 Å². The fourth-order valence-corrected chi connectivity index (χ4v) is 2.47. The van der Waals surface area contributed by atoms with Crippen molar-refractivity contribution < 1.29 is 9.53 Å². The van der Waals surface area contributed by atoms with Crippen LogP contribution in [0.3, 0.4) is 0 Å². The van der Waals surface area contributed by atoms with E-state index in [4.69, 9.17) is 4.74 Å². The van der Waals surface area contributed by atoms with Crippen LogP contribution in [0.15, 0.2) is 18.2 Å². The van der Waals surface area contributed by atoms with Crippen molar-refractivity contribution in [2.75, 3.05) is 6.61 Å². The lowest BCUT2D eigenvalue weighted by molar-refractivity contribution is -0.144. The molecule has 1 aromatic rings. The summed E-state index contributed by atoms with van der Waals surface area (Å²) in [4.78, 5) is 12.6. The third-order valence-electron chi connectivity index (χ3n) is 4.01. The quantitative estimate of drug-likeness (QED) is 0.742. The molecule has 0 atom stereocenters. The molecule has 0 fully saturated rings. The predicted molar refractivity (Wildman–Crippen MR) is 79.6 cm³/mol. The number of hydrogen-bond acceptors (Lipinski definition) is 2. The number of carbonyl (C=O) groups excluding carboxylic acids is 1. The molecule has 0 aliphatic heterocycles. The number of rotatable bonds is 7. The van der Waals surface area contributed by atoms with E-state index >= 15 is 0 Å². The second-order valence-electron chi connectivity index (χ2n) is 5.15. The molecular weight excluding hydrogens is 236 g/mol. The molecule has 0 saturated carbocycles. The second kappa shape index (κ2) is 6.85. The number of benzene rings is 1. The number of ketones is 1. The van der Waals surface area contributed by atoms with Gasteiger partial charge in [-0.25, -0.2) is 0 Å². The Labute approximate surface area is 117 Å². The van der Waals surface area contributed by atoms with E-state index in [1.54, 1.807) is 0 Å². The van der Waals surface area contributed by atoms with E-state index in [2.05, 4.69) is 26.0 Å². The molecule has 0 radical (unpaired) electrons. The van der Waals surface area contributed by atoms with Gasteiger partial charge in [-0.2, -0.15) is 0 Å². The molecule has 0 spiro atoms. The van der Waals surface area contributed by atoms with Crippen LogP contribution in [0, 0.1) is 13.8 Å². The predicted octanol–water partition coefficient (Wildman–Crippen LogP) is 4.01. The van der Waals surface area contributed by atoms with Gasteiger partial charge in [-0.3, -0.25) is 4.79 Å². The van der Waals surface area contributed by atoms with Crippen LogP contribution < -0.4 is 0 Å². The highest BCUT2D eigenvalue weighted by molar-refractivity contribution is 5.89. The Bertz CT molecular complexity index is 431. The number of carbonyl (C=O) groups is 1.